The van der Waals surface area contributed by atoms with Crippen LogP contribution < -0.4 is 14.5 Å². The van der Waals surface area contributed by atoms with E-state index in [1.54, 1.807) is 13.3 Å². The number of carbonyl (C=O) groups is 1. The molecule has 6 nitrogen and oxygen atoms in total. The summed E-state index contributed by atoms with van der Waals surface area (Å²) in [6.45, 7) is 5.73. The number of hydrogen-bond donors (Lipinski definition) is 0. The molecule has 1 saturated heterocycles. The fourth-order valence-corrected chi connectivity index (χ4v) is 4.92. The Bertz CT molecular complexity index is 846. The van der Waals surface area contributed by atoms with E-state index in [9.17, 15) is 4.79 Å². The van der Waals surface area contributed by atoms with Crippen LogP contribution in [0.4, 0.5) is 11.5 Å². The maximum absolute atomic E-state index is 13.6. The number of piperazine rings is 1. The molecule has 2 heterocycles. The number of para-hydroxylation sites is 2. The quantitative estimate of drug-likeness (QED) is 0.699. The van der Waals surface area contributed by atoms with Gasteiger partial charge in [0.15, 0.2) is 0 Å². The third kappa shape index (κ3) is 4.85. The molecule has 166 valence electrons. The van der Waals surface area contributed by atoms with Crippen molar-refractivity contribution >= 4 is 17.4 Å². The number of rotatable bonds is 6. The van der Waals surface area contributed by atoms with Crippen molar-refractivity contribution in [2.45, 2.75) is 45.2 Å². The van der Waals surface area contributed by atoms with Crippen LogP contribution in [0, 0.1) is 5.92 Å². The molecular weight excluding hydrogens is 388 g/mol. The molecule has 1 aliphatic heterocycles. The van der Waals surface area contributed by atoms with Crippen molar-refractivity contribution in [2.75, 3.05) is 43.1 Å². The van der Waals surface area contributed by atoms with E-state index in [-0.39, 0.29) is 18.0 Å². The Labute approximate surface area is 185 Å². The third-order valence-corrected chi connectivity index (χ3v) is 6.73. The Hall–Kier alpha value is -2.60. The average Bonchev–Trinajstić information content (AvgIpc) is 2.85. The smallest absolute Gasteiger partial charge is 0.232 e. The summed E-state index contributed by atoms with van der Waals surface area (Å²) >= 11 is 0. The summed E-state index contributed by atoms with van der Waals surface area (Å²) in [5.74, 6) is 2.02. The summed E-state index contributed by atoms with van der Waals surface area (Å²) in [6, 6.07) is 14.0. The van der Waals surface area contributed by atoms with E-state index < -0.39 is 0 Å². The van der Waals surface area contributed by atoms with Crippen LogP contribution in [0.15, 0.2) is 48.7 Å². The Morgan fingerprint density at radius 3 is 2.42 bits per heavy atom. The van der Waals surface area contributed by atoms with Gasteiger partial charge in [0.05, 0.1) is 19.0 Å². The summed E-state index contributed by atoms with van der Waals surface area (Å²) in [7, 11) is 1.72. The Morgan fingerprint density at radius 1 is 1.03 bits per heavy atom. The molecule has 2 aliphatic rings. The lowest BCUT2D eigenvalue weighted by atomic mass is 9.88. The molecule has 1 amide bonds. The molecule has 1 saturated carbocycles. The van der Waals surface area contributed by atoms with Crippen molar-refractivity contribution in [3.8, 4) is 5.75 Å². The van der Waals surface area contributed by atoms with Gasteiger partial charge in [-0.25, -0.2) is 4.98 Å². The van der Waals surface area contributed by atoms with Crippen LogP contribution in [0.5, 0.6) is 5.75 Å². The second-order valence-corrected chi connectivity index (χ2v) is 8.56. The van der Waals surface area contributed by atoms with Gasteiger partial charge < -0.3 is 9.64 Å². The molecule has 1 atom stereocenters. The van der Waals surface area contributed by atoms with Gasteiger partial charge in [-0.1, -0.05) is 37.5 Å². The first-order valence-corrected chi connectivity index (χ1v) is 11.5. The van der Waals surface area contributed by atoms with Gasteiger partial charge in [-0.05, 0) is 44.0 Å². The molecule has 1 aromatic heterocycles. The highest BCUT2D eigenvalue weighted by Gasteiger charge is 2.34. The summed E-state index contributed by atoms with van der Waals surface area (Å²) in [4.78, 5) is 24.9. The van der Waals surface area contributed by atoms with Crippen molar-refractivity contribution in [1.29, 1.82) is 0 Å². The first-order valence-electron chi connectivity index (χ1n) is 11.5. The number of methoxy groups -OCH3 is 1. The van der Waals surface area contributed by atoms with Crippen LogP contribution in [0.25, 0.3) is 0 Å². The van der Waals surface area contributed by atoms with Crippen molar-refractivity contribution in [3.05, 3.63) is 48.7 Å². The zero-order valence-corrected chi connectivity index (χ0v) is 18.7. The van der Waals surface area contributed by atoms with Gasteiger partial charge >= 0.3 is 0 Å². The molecule has 0 bridgehead atoms. The van der Waals surface area contributed by atoms with Gasteiger partial charge in [-0.3, -0.25) is 14.6 Å². The van der Waals surface area contributed by atoms with E-state index in [0.717, 1.165) is 69.1 Å². The molecule has 2 aromatic rings. The predicted molar refractivity (Wildman–Crippen MR) is 125 cm³/mol. The van der Waals surface area contributed by atoms with Crippen LogP contribution in [0.1, 0.15) is 39.0 Å². The van der Waals surface area contributed by atoms with Gasteiger partial charge in [-0.2, -0.15) is 0 Å². The second kappa shape index (κ2) is 10.1. The number of nitrogens with zero attached hydrogens (tertiary/aromatic N) is 4. The minimum atomic E-state index is -0.0239. The van der Waals surface area contributed by atoms with Crippen molar-refractivity contribution in [2.24, 2.45) is 5.92 Å². The van der Waals surface area contributed by atoms with Gasteiger partial charge in [0.25, 0.3) is 0 Å². The summed E-state index contributed by atoms with van der Waals surface area (Å²) in [5.41, 5.74) is 1.14. The lowest BCUT2D eigenvalue weighted by molar-refractivity contribution is -0.124. The highest BCUT2D eigenvalue weighted by Crippen LogP contribution is 2.31. The molecule has 1 aromatic carbocycles. The van der Waals surface area contributed by atoms with Crippen LogP contribution in [-0.2, 0) is 4.79 Å². The van der Waals surface area contributed by atoms with Crippen molar-refractivity contribution in [3.63, 3.8) is 0 Å². The Morgan fingerprint density at radius 2 is 1.74 bits per heavy atom. The maximum atomic E-state index is 13.6. The first kappa shape index (κ1) is 21.6. The molecule has 1 aliphatic carbocycles. The van der Waals surface area contributed by atoms with Crippen LogP contribution >= 0.6 is 0 Å². The van der Waals surface area contributed by atoms with Crippen molar-refractivity contribution in [1.82, 2.24) is 9.88 Å². The monoisotopic (exact) mass is 422 g/mol. The predicted octanol–water partition coefficient (Wildman–Crippen LogP) is 4.17. The van der Waals surface area contributed by atoms with E-state index in [0.29, 0.717) is 0 Å². The van der Waals surface area contributed by atoms with E-state index in [4.69, 9.17) is 4.74 Å². The zero-order chi connectivity index (χ0) is 21.6. The van der Waals surface area contributed by atoms with Gasteiger partial charge in [0, 0.05) is 38.3 Å². The largest absolute Gasteiger partial charge is 0.495 e. The topological polar surface area (TPSA) is 48.9 Å². The molecule has 6 heteroatoms. The van der Waals surface area contributed by atoms with Crippen LogP contribution in [0.2, 0.25) is 0 Å². The number of benzene rings is 1. The van der Waals surface area contributed by atoms with Crippen LogP contribution in [-0.4, -0.2) is 55.2 Å². The summed E-state index contributed by atoms with van der Waals surface area (Å²) in [6.07, 6.45) is 7.30. The number of amides is 1. The number of carbonyl (C=O) groups excluding carboxylic acids is 1. The van der Waals surface area contributed by atoms with Crippen molar-refractivity contribution < 1.29 is 9.53 Å². The Balaban J connectivity index is 1.48. The van der Waals surface area contributed by atoms with Gasteiger partial charge in [0.1, 0.15) is 11.6 Å². The Kier molecular flexibility index (Phi) is 7.07. The van der Waals surface area contributed by atoms with E-state index in [1.165, 1.54) is 6.42 Å². The minimum absolute atomic E-state index is 0.0239. The lowest BCUT2D eigenvalue weighted by Crippen LogP contribution is -2.57. The number of ether oxygens (including phenoxy) is 1. The standard InChI is InChI=1S/C25H34N4O2/c1-20(27-16-18-28(19-17-27)22-12-6-7-13-23(22)31-2)29(24-14-8-9-15-26-24)25(30)21-10-4-3-5-11-21/h6-9,12-15,20-21H,3-5,10-11,16-19H2,1-2H3. The maximum Gasteiger partial charge on any atom is 0.232 e. The number of aromatic nitrogens is 1. The molecule has 0 radical (unpaired) electrons. The number of hydrogen-bond acceptors (Lipinski definition) is 5. The minimum Gasteiger partial charge on any atom is -0.495 e. The average molecular weight is 423 g/mol. The second-order valence-electron chi connectivity index (χ2n) is 8.56. The summed E-state index contributed by atoms with van der Waals surface area (Å²) in [5, 5.41) is 0. The lowest BCUT2D eigenvalue weighted by Gasteiger charge is -2.43. The van der Waals surface area contributed by atoms with Gasteiger partial charge in [0.2, 0.25) is 5.91 Å². The molecule has 31 heavy (non-hydrogen) atoms. The van der Waals surface area contributed by atoms with Gasteiger partial charge in [-0.15, -0.1) is 0 Å². The van der Waals surface area contributed by atoms with Crippen LogP contribution in [0.3, 0.4) is 0 Å². The number of pyridine rings is 1. The third-order valence-electron chi connectivity index (χ3n) is 6.73. The molecule has 2 fully saturated rings. The fourth-order valence-electron chi connectivity index (χ4n) is 4.92. The molecule has 0 spiro atoms. The summed E-state index contributed by atoms with van der Waals surface area (Å²) < 4.78 is 5.55. The van der Waals surface area contributed by atoms with E-state index >= 15 is 0 Å². The molecule has 4 rings (SSSR count). The molecular formula is C25H34N4O2. The highest BCUT2D eigenvalue weighted by atomic mass is 16.5. The molecule has 1 unspecified atom stereocenters. The zero-order valence-electron chi connectivity index (χ0n) is 18.7. The fraction of sp³-hybridized carbons (Fsp3) is 0.520. The number of anilines is 2. The first-order chi connectivity index (χ1) is 15.2. The van der Waals surface area contributed by atoms with E-state index in [1.807, 2.05) is 35.2 Å². The van der Waals surface area contributed by atoms with E-state index in [2.05, 4.69) is 33.8 Å². The molecule has 0 N–H and O–H groups in total. The highest BCUT2D eigenvalue weighted by molar-refractivity contribution is 5.94. The SMILES string of the molecule is COc1ccccc1N1CCN(C(C)N(C(=O)C2CCCCC2)c2ccccn2)CC1. The normalized spacial score (nSPS) is 19.1.